The van der Waals surface area contributed by atoms with E-state index >= 15 is 0 Å². The number of methoxy groups -OCH3 is 1. The smallest absolute Gasteiger partial charge is 0.267 e. The highest BCUT2D eigenvalue weighted by Crippen LogP contribution is 2.20. The van der Waals surface area contributed by atoms with Crippen molar-refractivity contribution in [1.82, 2.24) is 4.98 Å². The molecule has 0 aliphatic rings. The van der Waals surface area contributed by atoms with Crippen molar-refractivity contribution in [2.75, 3.05) is 7.11 Å². The van der Waals surface area contributed by atoms with Gasteiger partial charge < -0.3 is 10.5 Å². The van der Waals surface area contributed by atoms with Gasteiger partial charge >= 0.3 is 0 Å². The van der Waals surface area contributed by atoms with Gasteiger partial charge in [-0.05, 0) is 17.7 Å². The van der Waals surface area contributed by atoms with E-state index in [1.807, 2.05) is 0 Å². The van der Waals surface area contributed by atoms with E-state index in [-0.39, 0.29) is 5.69 Å². The minimum Gasteiger partial charge on any atom is -0.364 e. The van der Waals surface area contributed by atoms with Crippen LogP contribution in [0.25, 0.3) is 0 Å². The van der Waals surface area contributed by atoms with Gasteiger partial charge in [0.05, 0.1) is 0 Å². The van der Waals surface area contributed by atoms with Crippen LogP contribution in [0.3, 0.4) is 0 Å². The van der Waals surface area contributed by atoms with E-state index < -0.39 is 11.5 Å². The molecule has 0 fully saturated rings. The number of hydrogen-bond donors (Lipinski definition) is 1. The zero-order valence-corrected chi connectivity index (χ0v) is 7.78. The Morgan fingerprint density at radius 3 is 3.00 bits per heavy atom. The van der Waals surface area contributed by atoms with Gasteiger partial charge in [-0.25, -0.2) is 0 Å². The number of nitrogens with zero attached hydrogens (tertiary/aromatic N) is 1. The number of carbonyl (C=O) groups excluding carboxylic acids is 1. The van der Waals surface area contributed by atoms with Crippen molar-refractivity contribution in [3.05, 3.63) is 29.6 Å². The number of halogens is 1. The maximum Gasteiger partial charge on any atom is 0.267 e. The third-order valence-electron chi connectivity index (χ3n) is 1.51. The normalized spacial score (nSPS) is 12.5. The van der Waals surface area contributed by atoms with Gasteiger partial charge in [-0.1, -0.05) is 11.6 Å². The Balaban J connectivity index is 2.98. The van der Waals surface area contributed by atoms with E-state index in [9.17, 15) is 4.79 Å². The Morgan fingerprint density at radius 1 is 1.77 bits per heavy atom. The maximum atomic E-state index is 10.7. The summed E-state index contributed by atoms with van der Waals surface area (Å²) in [5, 5.41) is 0. The van der Waals surface area contributed by atoms with E-state index in [1.165, 1.54) is 19.4 Å². The summed E-state index contributed by atoms with van der Waals surface area (Å²) in [6.45, 7) is 0. The van der Waals surface area contributed by atoms with Crippen LogP contribution in [0.4, 0.5) is 0 Å². The summed E-state index contributed by atoms with van der Waals surface area (Å²) in [5.74, 6) is -0.582. The number of ether oxygens (including phenoxy) is 1. The lowest BCUT2D eigenvalue weighted by Gasteiger charge is -2.07. The minimum absolute atomic E-state index is 0.181. The summed E-state index contributed by atoms with van der Waals surface area (Å²) in [7, 11) is 1.47. The van der Waals surface area contributed by atoms with Gasteiger partial charge in [0.2, 0.25) is 0 Å². The average molecular weight is 201 g/mol. The van der Waals surface area contributed by atoms with Crippen LogP contribution in [0, 0.1) is 0 Å². The van der Waals surface area contributed by atoms with Gasteiger partial charge in [0, 0.05) is 13.3 Å². The van der Waals surface area contributed by atoms with Crippen molar-refractivity contribution in [2.24, 2.45) is 5.73 Å². The highest BCUT2D eigenvalue weighted by atomic mass is 35.5. The molecule has 13 heavy (non-hydrogen) atoms. The van der Waals surface area contributed by atoms with Gasteiger partial charge in [-0.2, -0.15) is 0 Å². The monoisotopic (exact) mass is 200 g/mol. The molecule has 1 rings (SSSR count). The number of pyridine rings is 1. The van der Waals surface area contributed by atoms with Gasteiger partial charge in [0.15, 0.2) is 5.56 Å². The lowest BCUT2D eigenvalue weighted by Crippen LogP contribution is -2.13. The van der Waals surface area contributed by atoms with E-state index in [4.69, 9.17) is 22.1 Å². The van der Waals surface area contributed by atoms with E-state index in [0.29, 0.717) is 5.56 Å². The number of carbonyl (C=O) groups is 1. The highest BCUT2D eigenvalue weighted by Gasteiger charge is 2.09. The lowest BCUT2D eigenvalue weighted by atomic mass is 10.2. The molecule has 5 heteroatoms. The first-order valence-corrected chi connectivity index (χ1v) is 4.01. The fourth-order valence-corrected chi connectivity index (χ4v) is 0.995. The standard InChI is InChI=1S/C8H9ClN2O2/c1-13-7(9)5-2-3-11-6(4-5)8(10)12/h2-4,7H,1H3,(H2,10,12). The van der Waals surface area contributed by atoms with Crippen LogP contribution < -0.4 is 5.73 Å². The first kappa shape index (κ1) is 9.95. The second-order valence-corrected chi connectivity index (χ2v) is 2.79. The van der Waals surface area contributed by atoms with Crippen LogP contribution in [0.5, 0.6) is 0 Å². The molecule has 0 radical (unpaired) electrons. The lowest BCUT2D eigenvalue weighted by molar-refractivity contribution is 0.0995. The summed E-state index contributed by atoms with van der Waals surface area (Å²) in [4.78, 5) is 14.5. The van der Waals surface area contributed by atoms with Crippen LogP contribution in [-0.2, 0) is 4.74 Å². The van der Waals surface area contributed by atoms with Crippen molar-refractivity contribution in [3.8, 4) is 0 Å². The maximum absolute atomic E-state index is 10.7. The molecule has 0 saturated heterocycles. The first-order valence-electron chi connectivity index (χ1n) is 3.57. The zero-order valence-electron chi connectivity index (χ0n) is 7.03. The number of primary amides is 1. The molecular formula is C8H9ClN2O2. The molecule has 0 aliphatic heterocycles. The van der Waals surface area contributed by atoms with E-state index in [2.05, 4.69) is 4.98 Å². The molecule has 2 N–H and O–H groups in total. The summed E-state index contributed by atoms with van der Waals surface area (Å²) < 4.78 is 4.86. The predicted octanol–water partition coefficient (Wildman–Crippen LogP) is 1.06. The molecule has 0 aromatic carbocycles. The Bertz CT molecular complexity index is 317. The molecule has 1 unspecified atom stereocenters. The molecule has 0 bridgehead atoms. The van der Waals surface area contributed by atoms with Crippen LogP contribution >= 0.6 is 11.6 Å². The number of amides is 1. The fourth-order valence-electron chi connectivity index (χ4n) is 0.859. The fraction of sp³-hybridized carbons (Fsp3) is 0.250. The highest BCUT2D eigenvalue weighted by molar-refractivity contribution is 6.19. The van der Waals surface area contributed by atoms with Crippen molar-refractivity contribution in [3.63, 3.8) is 0 Å². The predicted molar refractivity (Wildman–Crippen MR) is 48.4 cm³/mol. The average Bonchev–Trinajstić information content (AvgIpc) is 2.17. The molecule has 0 spiro atoms. The van der Waals surface area contributed by atoms with Crippen molar-refractivity contribution in [2.45, 2.75) is 5.56 Å². The van der Waals surface area contributed by atoms with Gasteiger partial charge in [0.1, 0.15) is 5.69 Å². The summed E-state index contributed by atoms with van der Waals surface area (Å²) in [6, 6.07) is 3.16. The van der Waals surface area contributed by atoms with E-state index in [1.54, 1.807) is 6.07 Å². The second kappa shape index (κ2) is 4.20. The number of hydrogen-bond acceptors (Lipinski definition) is 3. The number of rotatable bonds is 3. The van der Waals surface area contributed by atoms with Gasteiger partial charge in [-0.3, -0.25) is 9.78 Å². The second-order valence-electron chi connectivity index (χ2n) is 2.39. The molecule has 4 nitrogen and oxygen atoms in total. The Labute approximate surface area is 80.7 Å². The Kier molecular flexibility index (Phi) is 3.22. The number of aromatic nitrogens is 1. The topological polar surface area (TPSA) is 65.2 Å². The van der Waals surface area contributed by atoms with Gasteiger partial charge in [-0.15, -0.1) is 0 Å². The minimum atomic E-state index is -0.582. The van der Waals surface area contributed by atoms with Crippen LogP contribution in [0.2, 0.25) is 0 Å². The Morgan fingerprint density at radius 2 is 2.46 bits per heavy atom. The molecule has 1 atom stereocenters. The van der Waals surface area contributed by atoms with Crippen LogP contribution in [0.1, 0.15) is 21.6 Å². The molecular weight excluding hydrogens is 192 g/mol. The third kappa shape index (κ3) is 2.40. The van der Waals surface area contributed by atoms with Crippen molar-refractivity contribution in [1.29, 1.82) is 0 Å². The summed E-state index contributed by atoms with van der Waals surface area (Å²) >= 11 is 5.77. The van der Waals surface area contributed by atoms with Crippen LogP contribution in [0.15, 0.2) is 18.3 Å². The molecule has 70 valence electrons. The summed E-state index contributed by atoms with van der Waals surface area (Å²) in [5.41, 5.74) is 5.30. The molecule has 1 amide bonds. The molecule has 0 saturated carbocycles. The molecule has 1 aromatic rings. The number of nitrogens with two attached hydrogens (primary N) is 1. The SMILES string of the molecule is COC(Cl)c1ccnc(C(N)=O)c1. The quantitative estimate of drug-likeness (QED) is 0.743. The van der Waals surface area contributed by atoms with Crippen LogP contribution in [-0.4, -0.2) is 18.0 Å². The van der Waals surface area contributed by atoms with Crippen molar-refractivity contribution < 1.29 is 9.53 Å². The molecule has 1 heterocycles. The molecule has 1 aromatic heterocycles. The largest absolute Gasteiger partial charge is 0.364 e. The summed E-state index contributed by atoms with van der Waals surface area (Å²) in [6.07, 6.45) is 1.46. The van der Waals surface area contributed by atoms with Crippen molar-refractivity contribution >= 4 is 17.5 Å². The third-order valence-corrected chi connectivity index (χ3v) is 1.94. The zero-order chi connectivity index (χ0) is 9.84. The number of alkyl halides is 1. The Hall–Kier alpha value is -1.13. The first-order chi connectivity index (χ1) is 6.15. The molecule has 0 aliphatic carbocycles. The van der Waals surface area contributed by atoms with Gasteiger partial charge in [0.25, 0.3) is 5.91 Å². The van der Waals surface area contributed by atoms with E-state index in [0.717, 1.165) is 0 Å².